The van der Waals surface area contributed by atoms with Crippen LogP contribution in [0, 0.1) is 12.7 Å². The zero-order chi connectivity index (χ0) is 11.0. The Morgan fingerprint density at radius 1 is 1.60 bits per heavy atom. The molecule has 0 aliphatic rings. The highest BCUT2D eigenvalue weighted by molar-refractivity contribution is 5.78. The van der Waals surface area contributed by atoms with E-state index < -0.39 is 0 Å². The van der Waals surface area contributed by atoms with Gasteiger partial charge in [-0.2, -0.15) is 0 Å². The molecular formula is C11H11FN2O. The number of nitrogens with zero attached hydrogens (tertiary/aromatic N) is 2. The molecule has 4 heteroatoms. The van der Waals surface area contributed by atoms with Crippen molar-refractivity contribution in [3.8, 4) is 0 Å². The number of pyridine rings is 1. The number of hydrogen-bond acceptors (Lipinski definition) is 2. The fourth-order valence-electron chi connectivity index (χ4n) is 1.65. The first-order chi connectivity index (χ1) is 7.09. The number of imidazole rings is 1. The van der Waals surface area contributed by atoms with Crippen molar-refractivity contribution in [2.75, 3.05) is 0 Å². The maximum atomic E-state index is 13.3. The first kappa shape index (κ1) is 9.83. The maximum Gasteiger partial charge on any atom is 0.173 e. The van der Waals surface area contributed by atoms with Gasteiger partial charge in [0.15, 0.2) is 11.5 Å². The molecule has 2 heterocycles. The van der Waals surface area contributed by atoms with Crippen LogP contribution in [0.1, 0.15) is 18.3 Å². The lowest BCUT2D eigenvalue weighted by Gasteiger charge is -1.99. The zero-order valence-corrected chi connectivity index (χ0v) is 8.62. The molecule has 0 aliphatic carbocycles. The van der Waals surface area contributed by atoms with Crippen LogP contribution in [0.2, 0.25) is 0 Å². The Morgan fingerprint density at radius 3 is 3.00 bits per heavy atom. The minimum Gasteiger partial charge on any atom is -0.301 e. The van der Waals surface area contributed by atoms with Gasteiger partial charge >= 0.3 is 0 Å². The molecule has 0 aromatic carbocycles. The fraction of sp³-hybridized carbons (Fsp3) is 0.273. The molecule has 3 nitrogen and oxygen atoms in total. The van der Waals surface area contributed by atoms with Crippen molar-refractivity contribution >= 4 is 11.4 Å². The van der Waals surface area contributed by atoms with Crippen molar-refractivity contribution in [2.24, 2.45) is 0 Å². The van der Waals surface area contributed by atoms with Gasteiger partial charge in [-0.3, -0.25) is 4.79 Å². The zero-order valence-electron chi connectivity index (χ0n) is 8.62. The summed E-state index contributed by atoms with van der Waals surface area (Å²) in [6, 6.07) is 2.96. The standard InChI is InChI=1S/C11H11FN2O/c1-7(15)6-10-8(2)13-11-9(12)4-3-5-14(10)11/h3-5H,6H2,1-2H3. The first-order valence-corrected chi connectivity index (χ1v) is 4.71. The van der Waals surface area contributed by atoms with Gasteiger partial charge in [0.05, 0.1) is 11.4 Å². The van der Waals surface area contributed by atoms with Crippen molar-refractivity contribution in [2.45, 2.75) is 20.3 Å². The number of ketones is 1. The number of carbonyl (C=O) groups is 1. The monoisotopic (exact) mass is 206 g/mol. The maximum absolute atomic E-state index is 13.3. The third-order valence-electron chi connectivity index (χ3n) is 2.32. The van der Waals surface area contributed by atoms with Crippen LogP contribution in [0.5, 0.6) is 0 Å². The number of Topliss-reactive ketones (excluding diaryl/α,β-unsaturated/α-hetero) is 1. The predicted octanol–water partition coefficient (Wildman–Crippen LogP) is 1.91. The van der Waals surface area contributed by atoms with E-state index in [-0.39, 0.29) is 23.7 Å². The molecule has 0 bridgehead atoms. The van der Waals surface area contributed by atoms with Gasteiger partial charge in [-0.15, -0.1) is 0 Å². The molecule has 0 saturated carbocycles. The van der Waals surface area contributed by atoms with E-state index in [1.807, 2.05) is 0 Å². The summed E-state index contributed by atoms with van der Waals surface area (Å²) in [4.78, 5) is 15.2. The summed E-state index contributed by atoms with van der Waals surface area (Å²) >= 11 is 0. The van der Waals surface area contributed by atoms with E-state index in [4.69, 9.17) is 0 Å². The average molecular weight is 206 g/mol. The topological polar surface area (TPSA) is 34.4 Å². The number of hydrogen-bond donors (Lipinski definition) is 0. The third-order valence-corrected chi connectivity index (χ3v) is 2.32. The van der Waals surface area contributed by atoms with Gasteiger partial charge in [-0.1, -0.05) is 0 Å². The van der Waals surface area contributed by atoms with E-state index in [1.54, 1.807) is 23.6 Å². The van der Waals surface area contributed by atoms with E-state index in [1.165, 1.54) is 13.0 Å². The van der Waals surface area contributed by atoms with Gasteiger partial charge in [0, 0.05) is 12.6 Å². The van der Waals surface area contributed by atoms with Gasteiger partial charge in [0.2, 0.25) is 0 Å². The lowest BCUT2D eigenvalue weighted by Crippen LogP contribution is -2.02. The summed E-state index contributed by atoms with van der Waals surface area (Å²) in [5.41, 5.74) is 1.75. The Balaban J connectivity index is 2.68. The van der Waals surface area contributed by atoms with Gasteiger partial charge < -0.3 is 4.40 Å². The Labute approximate surface area is 86.6 Å². The first-order valence-electron chi connectivity index (χ1n) is 4.71. The second-order valence-corrected chi connectivity index (χ2v) is 3.57. The molecule has 78 valence electrons. The molecule has 0 fully saturated rings. The summed E-state index contributed by atoms with van der Waals surface area (Å²) in [6.07, 6.45) is 2.01. The average Bonchev–Trinajstić information content (AvgIpc) is 2.45. The SMILES string of the molecule is CC(=O)Cc1c(C)nc2c(F)cccn12. The molecule has 0 unspecified atom stereocenters. The van der Waals surface area contributed by atoms with Crippen molar-refractivity contribution in [3.05, 3.63) is 35.5 Å². The van der Waals surface area contributed by atoms with Crippen LogP contribution in [0.25, 0.3) is 5.65 Å². The van der Waals surface area contributed by atoms with Crippen LogP contribution < -0.4 is 0 Å². The van der Waals surface area contributed by atoms with E-state index in [9.17, 15) is 9.18 Å². The molecule has 2 aromatic rings. The molecule has 15 heavy (non-hydrogen) atoms. The molecule has 0 N–H and O–H groups in total. The van der Waals surface area contributed by atoms with Crippen LogP contribution >= 0.6 is 0 Å². The van der Waals surface area contributed by atoms with E-state index >= 15 is 0 Å². The van der Waals surface area contributed by atoms with E-state index in [0.717, 1.165) is 5.69 Å². The highest BCUT2D eigenvalue weighted by Gasteiger charge is 2.12. The lowest BCUT2D eigenvalue weighted by atomic mass is 10.2. The Bertz CT molecular complexity index is 531. The Morgan fingerprint density at radius 2 is 2.33 bits per heavy atom. The van der Waals surface area contributed by atoms with Gasteiger partial charge in [-0.25, -0.2) is 9.37 Å². The molecule has 0 aliphatic heterocycles. The molecule has 2 rings (SSSR count). The van der Waals surface area contributed by atoms with Crippen molar-refractivity contribution < 1.29 is 9.18 Å². The number of fused-ring (bicyclic) bond motifs is 1. The van der Waals surface area contributed by atoms with E-state index in [0.29, 0.717) is 5.69 Å². The number of rotatable bonds is 2. The minimum atomic E-state index is -0.365. The summed E-state index contributed by atoms with van der Waals surface area (Å²) in [5.74, 6) is -0.320. The van der Waals surface area contributed by atoms with Gasteiger partial charge in [0.1, 0.15) is 5.78 Å². The quantitative estimate of drug-likeness (QED) is 0.752. The predicted molar refractivity (Wildman–Crippen MR) is 54.3 cm³/mol. The van der Waals surface area contributed by atoms with Crippen molar-refractivity contribution in [3.63, 3.8) is 0 Å². The Hall–Kier alpha value is -1.71. The summed E-state index contributed by atoms with van der Waals surface area (Å²) < 4.78 is 15.0. The molecule has 0 spiro atoms. The van der Waals surface area contributed by atoms with Crippen LogP contribution in [0.15, 0.2) is 18.3 Å². The number of carbonyl (C=O) groups excluding carboxylic acids is 1. The van der Waals surface area contributed by atoms with Crippen molar-refractivity contribution in [1.29, 1.82) is 0 Å². The third kappa shape index (κ3) is 1.63. The molecule has 0 saturated heterocycles. The highest BCUT2D eigenvalue weighted by atomic mass is 19.1. The lowest BCUT2D eigenvalue weighted by molar-refractivity contribution is -0.116. The minimum absolute atomic E-state index is 0.0455. The second-order valence-electron chi connectivity index (χ2n) is 3.57. The van der Waals surface area contributed by atoms with Crippen LogP contribution in [-0.2, 0) is 11.2 Å². The number of aromatic nitrogens is 2. The van der Waals surface area contributed by atoms with E-state index in [2.05, 4.69) is 4.98 Å². The summed E-state index contributed by atoms with van der Waals surface area (Å²) in [6.45, 7) is 3.29. The van der Waals surface area contributed by atoms with Crippen LogP contribution in [0.3, 0.4) is 0 Å². The number of aryl methyl sites for hydroxylation is 1. The smallest absolute Gasteiger partial charge is 0.173 e. The highest BCUT2D eigenvalue weighted by Crippen LogP contribution is 2.15. The normalized spacial score (nSPS) is 10.9. The molecular weight excluding hydrogens is 195 g/mol. The van der Waals surface area contributed by atoms with Gasteiger partial charge in [0.25, 0.3) is 0 Å². The molecule has 0 radical (unpaired) electrons. The molecule has 0 amide bonds. The molecule has 2 aromatic heterocycles. The largest absolute Gasteiger partial charge is 0.301 e. The van der Waals surface area contributed by atoms with Crippen LogP contribution in [0.4, 0.5) is 4.39 Å². The fourth-order valence-corrected chi connectivity index (χ4v) is 1.65. The molecule has 0 atom stereocenters. The summed E-state index contributed by atoms with van der Waals surface area (Å²) in [5, 5.41) is 0. The Kier molecular flexibility index (Phi) is 2.26. The van der Waals surface area contributed by atoms with Crippen LogP contribution in [-0.4, -0.2) is 15.2 Å². The van der Waals surface area contributed by atoms with Gasteiger partial charge in [-0.05, 0) is 26.0 Å². The second kappa shape index (κ2) is 3.46. The summed E-state index contributed by atoms with van der Waals surface area (Å²) in [7, 11) is 0. The van der Waals surface area contributed by atoms with Crippen molar-refractivity contribution in [1.82, 2.24) is 9.38 Å². The number of halogens is 1.